The number of nitrogens with one attached hydrogen (secondary N) is 2. The van der Waals surface area contributed by atoms with Crippen molar-refractivity contribution in [2.45, 2.75) is 64.1 Å². The van der Waals surface area contributed by atoms with E-state index in [4.69, 9.17) is 18.9 Å². The minimum absolute atomic E-state index is 0.0709. The van der Waals surface area contributed by atoms with Gasteiger partial charge >= 0.3 is 11.9 Å². The van der Waals surface area contributed by atoms with E-state index in [2.05, 4.69) is 10.6 Å². The molecule has 32 heavy (non-hydrogen) atoms. The van der Waals surface area contributed by atoms with Gasteiger partial charge in [-0.1, -0.05) is 30.3 Å². The molecule has 0 spiro atoms. The summed E-state index contributed by atoms with van der Waals surface area (Å²) in [7, 11) is 1.37. The monoisotopic (exact) mass is 452 g/mol. The van der Waals surface area contributed by atoms with Crippen LogP contribution in [0.4, 0.5) is 0 Å². The second-order valence-corrected chi connectivity index (χ2v) is 7.22. The van der Waals surface area contributed by atoms with E-state index in [1.54, 1.807) is 0 Å². The molecule has 6 atom stereocenters. The number of hydrogen-bond donors (Lipinski definition) is 3. The number of carbonyl (C=O) groups excluding carboxylic acids is 3. The molecule has 11 nitrogen and oxygen atoms in total. The number of likely N-dealkylation sites (N-methyl/N-ethyl adjacent to an activating group) is 1. The van der Waals surface area contributed by atoms with Gasteiger partial charge in [0.15, 0.2) is 24.6 Å². The smallest absolute Gasteiger partial charge is 0.332 e. The lowest BCUT2D eigenvalue weighted by molar-refractivity contribution is -0.277. The lowest BCUT2D eigenvalue weighted by Crippen LogP contribution is -2.68. The molecule has 176 valence electrons. The normalized spacial score (nSPS) is 25.9. The van der Waals surface area contributed by atoms with E-state index < -0.39 is 60.5 Å². The molecule has 2 rings (SSSR count). The van der Waals surface area contributed by atoms with Crippen molar-refractivity contribution in [3.63, 3.8) is 0 Å². The lowest BCUT2D eigenvalue weighted by atomic mass is 9.95. The number of esters is 1. The Hall–Kier alpha value is -3.02. The number of carbonyl (C=O) groups is 4. The van der Waals surface area contributed by atoms with Gasteiger partial charge in [0, 0.05) is 20.9 Å². The Balaban J connectivity index is 2.43. The molecule has 1 fully saturated rings. The Morgan fingerprint density at radius 1 is 1.12 bits per heavy atom. The number of aliphatic carboxylic acids is 1. The average molecular weight is 452 g/mol. The zero-order valence-corrected chi connectivity index (χ0v) is 18.3. The van der Waals surface area contributed by atoms with Crippen LogP contribution < -0.4 is 10.6 Å². The van der Waals surface area contributed by atoms with Crippen LogP contribution in [0, 0.1) is 0 Å². The molecule has 3 N–H and O–H groups in total. The Morgan fingerprint density at radius 3 is 2.31 bits per heavy atom. The molecule has 0 unspecified atom stereocenters. The van der Waals surface area contributed by atoms with Crippen molar-refractivity contribution < 1.29 is 43.2 Å². The zero-order valence-electron chi connectivity index (χ0n) is 18.3. The maximum Gasteiger partial charge on any atom is 0.332 e. The third-order valence-corrected chi connectivity index (χ3v) is 4.69. The van der Waals surface area contributed by atoms with Gasteiger partial charge < -0.3 is 34.7 Å². The van der Waals surface area contributed by atoms with Crippen LogP contribution >= 0.6 is 0 Å². The van der Waals surface area contributed by atoms with Crippen LogP contribution in [0.3, 0.4) is 0 Å². The SMILES string of the molecule is CNC(=O)[C@@H]1O[C@@H](OCc2ccccc2)[C@@H](NC(C)=O)[C@H](O[C@@H](C)C(=O)O)[C@H]1OC(C)=O. The van der Waals surface area contributed by atoms with E-state index in [-0.39, 0.29) is 6.61 Å². The maximum absolute atomic E-state index is 12.5. The molecular formula is C21H28N2O9. The Bertz CT molecular complexity index is 817. The minimum Gasteiger partial charge on any atom is -0.479 e. The van der Waals surface area contributed by atoms with E-state index in [1.165, 1.54) is 20.9 Å². The van der Waals surface area contributed by atoms with Gasteiger partial charge in [0.2, 0.25) is 5.91 Å². The number of hydrogen-bond acceptors (Lipinski definition) is 8. The molecule has 0 saturated carbocycles. The fourth-order valence-corrected chi connectivity index (χ4v) is 3.25. The minimum atomic E-state index is -1.37. The molecule has 1 aromatic rings. The summed E-state index contributed by atoms with van der Waals surface area (Å²) in [5.41, 5.74) is 0.799. The van der Waals surface area contributed by atoms with Gasteiger partial charge in [-0.05, 0) is 12.5 Å². The number of carboxylic acid groups (broad SMARTS) is 1. The highest BCUT2D eigenvalue weighted by Gasteiger charge is 2.52. The summed E-state index contributed by atoms with van der Waals surface area (Å²) < 4.78 is 22.6. The van der Waals surface area contributed by atoms with Gasteiger partial charge in [-0.3, -0.25) is 14.4 Å². The van der Waals surface area contributed by atoms with Crippen LogP contribution in [-0.2, 0) is 44.7 Å². The second-order valence-electron chi connectivity index (χ2n) is 7.22. The molecule has 1 aliphatic heterocycles. The first-order valence-corrected chi connectivity index (χ1v) is 9.99. The molecule has 1 aliphatic rings. The third kappa shape index (κ3) is 6.74. The van der Waals surface area contributed by atoms with E-state index in [1.807, 2.05) is 30.3 Å². The van der Waals surface area contributed by atoms with Crippen molar-refractivity contribution in [2.24, 2.45) is 0 Å². The molecule has 0 aliphatic carbocycles. The molecule has 1 heterocycles. The van der Waals surface area contributed by atoms with E-state index in [0.717, 1.165) is 12.5 Å². The first-order chi connectivity index (χ1) is 15.1. The molecule has 0 radical (unpaired) electrons. The highest BCUT2D eigenvalue weighted by molar-refractivity contribution is 5.82. The largest absolute Gasteiger partial charge is 0.479 e. The van der Waals surface area contributed by atoms with Crippen molar-refractivity contribution in [3.05, 3.63) is 35.9 Å². The fraction of sp³-hybridized carbons (Fsp3) is 0.524. The number of ether oxygens (including phenoxy) is 4. The summed E-state index contributed by atoms with van der Waals surface area (Å²) in [5.74, 6) is -3.14. The Kier molecular flexibility index (Phi) is 9.12. The number of carboxylic acids is 1. The molecule has 0 bridgehead atoms. The molecule has 1 saturated heterocycles. The highest BCUT2D eigenvalue weighted by Crippen LogP contribution is 2.29. The number of benzene rings is 1. The summed E-state index contributed by atoms with van der Waals surface area (Å²) >= 11 is 0. The van der Waals surface area contributed by atoms with Gasteiger partial charge in [0.1, 0.15) is 12.1 Å². The maximum atomic E-state index is 12.5. The van der Waals surface area contributed by atoms with Gasteiger partial charge in [-0.25, -0.2) is 4.79 Å². The Morgan fingerprint density at radius 2 is 1.78 bits per heavy atom. The average Bonchev–Trinajstić information content (AvgIpc) is 2.74. The van der Waals surface area contributed by atoms with Gasteiger partial charge in [0.25, 0.3) is 5.91 Å². The predicted octanol–water partition coefficient (Wildman–Crippen LogP) is -0.0312. The topological polar surface area (TPSA) is 149 Å². The lowest BCUT2D eigenvalue weighted by Gasteiger charge is -2.45. The first-order valence-electron chi connectivity index (χ1n) is 9.99. The predicted molar refractivity (Wildman–Crippen MR) is 109 cm³/mol. The first kappa shape index (κ1) is 25.2. The van der Waals surface area contributed by atoms with Crippen molar-refractivity contribution in [1.29, 1.82) is 0 Å². The molecule has 0 aromatic heterocycles. The summed E-state index contributed by atoms with van der Waals surface area (Å²) in [4.78, 5) is 47.6. The van der Waals surface area contributed by atoms with Gasteiger partial charge in [0.05, 0.1) is 6.61 Å². The third-order valence-electron chi connectivity index (χ3n) is 4.69. The van der Waals surface area contributed by atoms with E-state index in [9.17, 15) is 24.3 Å². The van der Waals surface area contributed by atoms with Crippen LogP contribution in [0.25, 0.3) is 0 Å². The van der Waals surface area contributed by atoms with Crippen LogP contribution in [0.1, 0.15) is 26.3 Å². The summed E-state index contributed by atoms with van der Waals surface area (Å²) in [5, 5.41) is 14.4. The van der Waals surface area contributed by atoms with Crippen molar-refractivity contribution in [3.8, 4) is 0 Å². The second kappa shape index (κ2) is 11.6. The fourth-order valence-electron chi connectivity index (χ4n) is 3.25. The van der Waals surface area contributed by atoms with E-state index >= 15 is 0 Å². The zero-order chi connectivity index (χ0) is 23.8. The van der Waals surface area contributed by atoms with Crippen molar-refractivity contribution >= 4 is 23.8 Å². The number of amides is 2. The number of rotatable bonds is 9. The van der Waals surface area contributed by atoms with E-state index in [0.29, 0.717) is 0 Å². The summed E-state index contributed by atoms with van der Waals surface area (Å²) in [6, 6.07) is 8.02. The molecule has 2 amide bonds. The summed E-state index contributed by atoms with van der Waals surface area (Å²) in [6.45, 7) is 3.73. The molecule has 11 heteroatoms. The summed E-state index contributed by atoms with van der Waals surface area (Å²) in [6.07, 6.45) is -6.53. The molecule has 1 aromatic carbocycles. The van der Waals surface area contributed by atoms with Crippen LogP contribution in [0.2, 0.25) is 0 Å². The highest BCUT2D eigenvalue weighted by atomic mass is 16.7. The molecular weight excluding hydrogens is 424 g/mol. The standard InChI is InChI=1S/C21H28N2O9/c1-11(20(27)28)30-16-15(23-12(2)24)21(29-10-14-8-6-5-7-9-14)32-18(19(26)22-4)17(16)31-13(3)25/h5-9,11,15-18,21H,10H2,1-4H3,(H,22,26)(H,23,24)(H,27,28)/t11-,15-,16-,17+,18+,21+/m0/s1. The van der Waals surface area contributed by atoms with Gasteiger partial charge in [-0.15, -0.1) is 0 Å². The Labute approximate surface area is 185 Å². The van der Waals surface area contributed by atoms with Crippen molar-refractivity contribution in [2.75, 3.05) is 7.05 Å². The van der Waals surface area contributed by atoms with Crippen LogP contribution in [-0.4, -0.2) is 72.7 Å². The van der Waals surface area contributed by atoms with Crippen LogP contribution in [0.5, 0.6) is 0 Å². The van der Waals surface area contributed by atoms with Crippen molar-refractivity contribution in [1.82, 2.24) is 10.6 Å². The quantitative estimate of drug-likeness (QED) is 0.439. The van der Waals surface area contributed by atoms with Crippen LogP contribution in [0.15, 0.2) is 30.3 Å². The van der Waals surface area contributed by atoms with Gasteiger partial charge in [-0.2, -0.15) is 0 Å².